The standard InChI is InChI=1S/C16H13N3/c17-14-7-4-12(5-8-14)13-6-9-16(19-11-13)15-3-1-2-10-18-15/h1-11H,17H2. The SMILES string of the molecule is Nc1ccc(-c2ccc(-c3ccccn3)nc2)cc1. The van der Waals surface area contributed by atoms with Crippen molar-refractivity contribution in [1.29, 1.82) is 0 Å². The Hall–Kier alpha value is -2.68. The van der Waals surface area contributed by atoms with Crippen LogP contribution in [0, 0.1) is 0 Å². The number of anilines is 1. The number of nitrogen functional groups attached to an aromatic ring is 1. The molecule has 0 fully saturated rings. The minimum absolute atomic E-state index is 0.766. The van der Waals surface area contributed by atoms with Crippen molar-refractivity contribution in [3.63, 3.8) is 0 Å². The van der Waals surface area contributed by atoms with E-state index in [0.29, 0.717) is 0 Å². The minimum atomic E-state index is 0.766. The predicted molar refractivity (Wildman–Crippen MR) is 77.3 cm³/mol. The largest absolute Gasteiger partial charge is 0.399 e. The molecule has 2 heterocycles. The van der Waals surface area contributed by atoms with Gasteiger partial charge in [0.2, 0.25) is 0 Å². The molecule has 92 valence electrons. The summed E-state index contributed by atoms with van der Waals surface area (Å²) in [6.07, 6.45) is 3.63. The van der Waals surface area contributed by atoms with Crippen molar-refractivity contribution in [3.05, 3.63) is 67.0 Å². The Morgan fingerprint density at radius 2 is 1.42 bits per heavy atom. The van der Waals surface area contributed by atoms with Gasteiger partial charge < -0.3 is 5.73 Å². The molecule has 0 aliphatic heterocycles. The number of hydrogen-bond acceptors (Lipinski definition) is 3. The van der Waals surface area contributed by atoms with Crippen LogP contribution in [0.15, 0.2) is 67.0 Å². The lowest BCUT2D eigenvalue weighted by atomic mass is 10.1. The van der Waals surface area contributed by atoms with Crippen molar-refractivity contribution in [1.82, 2.24) is 9.97 Å². The highest BCUT2D eigenvalue weighted by Gasteiger charge is 2.01. The van der Waals surface area contributed by atoms with E-state index >= 15 is 0 Å². The van der Waals surface area contributed by atoms with Crippen LogP contribution in [0.2, 0.25) is 0 Å². The number of nitrogens with two attached hydrogens (primary N) is 1. The van der Waals surface area contributed by atoms with Gasteiger partial charge in [-0.1, -0.05) is 24.3 Å². The summed E-state index contributed by atoms with van der Waals surface area (Å²) in [6, 6.07) is 17.6. The fourth-order valence-electron chi connectivity index (χ4n) is 1.91. The molecule has 1 aromatic carbocycles. The van der Waals surface area contributed by atoms with Gasteiger partial charge in [-0.2, -0.15) is 0 Å². The van der Waals surface area contributed by atoms with Crippen LogP contribution in [0.5, 0.6) is 0 Å². The Morgan fingerprint density at radius 3 is 2.05 bits per heavy atom. The zero-order chi connectivity index (χ0) is 13.1. The van der Waals surface area contributed by atoms with E-state index in [-0.39, 0.29) is 0 Å². The fourth-order valence-corrected chi connectivity index (χ4v) is 1.91. The van der Waals surface area contributed by atoms with Crippen molar-refractivity contribution >= 4 is 5.69 Å². The van der Waals surface area contributed by atoms with Crippen LogP contribution in [0.3, 0.4) is 0 Å². The number of nitrogens with zero attached hydrogens (tertiary/aromatic N) is 2. The maximum absolute atomic E-state index is 5.68. The lowest BCUT2D eigenvalue weighted by Crippen LogP contribution is -1.88. The molecule has 3 heteroatoms. The monoisotopic (exact) mass is 247 g/mol. The first kappa shape index (κ1) is 11.4. The van der Waals surface area contributed by atoms with E-state index in [4.69, 9.17) is 5.73 Å². The second-order valence-corrected chi connectivity index (χ2v) is 4.27. The maximum Gasteiger partial charge on any atom is 0.0886 e. The Bertz CT molecular complexity index is 659. The Balaban J connectivity index is 1.93. The summed E-state index contributed by atoms with van der Waals surface area (Å²) in [4.78, 5) is 8.74. The molecule has 0 bridgehead atoms. The smallest absolute Gasteiger partial charge is 0.0886 e. The first-order valence-corrected chi connectivity index (χ1v) is 6.06. The van der Waals surface area contributed by atoms with E-state index in [1.54, 1.807) is 6.20 Å². The van der Waals surface area contributed by atoms with Crippen molar-refractivity contribution in [2.45, 2.75) is 0 Å². The minimum Gasteiger partial charge on any atom is -0.399 e. The van der Waals surface area contributed by atoms with Crippen LogP contribution in [-0.4, -0.2) is 9.97 Å². The van der Waals surface area contributed by atoms with E-state index in [1.807, 2.05) is 60.8 Å². The Morgan fingerprint density at radius 1 is 0.684 bits per heavy atom. The third-order valence-electron chi connectivity index (χ3n) is 2.93. The lowest BCUT2D eigenvalue weighted by Gasteiger charge is -2.04. The molecule has 3 rings (SSSR count). The number of benzene rings is 1. The Kier molecular flexibility index (Phi) is 2.94. The first-order chi connectivity index (χ1) is 9.33. The maximum atomic E-state index is 5.68. The summed E-state index contributed by atoms with van der Waals surface area (Å²) in [5.41, 5.74) is 10.4. The quantitative estimate of drug-likeness (QED) is 0.706. The predicted octanol–water partition coefficient (Wildman–Crippen LogP) is 3.39. The van der Waals surface area contributed by atoms with Crippen LogP contribution < -0.4 is 5.73 Å². The Labute approximate surface area is 111 Å². The van der Waals surface area contributed by atoms with Gasteiger partial charge in [0.25, 0.3) is 0 Å². The molecule has 0 aliphatic rings. The fraction of sp³-hybridized carbons (Fsp3) is 0. The van der Waals surface area contributed by atoms with E-state index < -0.39 is 0 Å². The molecule has 0 saturated carbocycles. The van der Waals surface area contributed by atoms with E-state index in [1.165, 1.54) is 0 Å². The van der Waals surface area contributed by atoms with Gasteiger partial charge in [-0.25, -0.2) is 0 Å². The topological polar surface area (TPSA) is 51.8 Å². The van der Waals surface area contributed by atoms with Crippen LogP contribution in [0.4, 0.5) is 5.69 Å². The van der Waals surface area contributed by atoms with Gasteiger partial charge in [0.1, 0.15) is 0 Å². The molecular weight excluding hydrogens is 234 g/mol. The average Bonchev–Trinajstić information content (AvgIpc) is 2.49. The zero-order valence-electron chi connectivity index (χ0n) is 10.3. The van der Waals surface area contributed by atoms with Crippen LogP contribution in [0.25, 0.3) is 22.5 Å². The highest BCUT2D eigenvalue weighted by Crippen LogP contribution is 2.22. The summed E-state index contributed by atoms with van der Waals surface area (Å²) in [5.74, 6) is 0. The molecule has 0 amide bonds. The molecule has 0 radical (unpaired) electrons. The molecule has 19 heavy (non-hydrogen) atoms. The van der Waals surface area contributed by atoms with Gasteiger partial charge in [-0.05, 0) is 35.9 Å². The summed E-state index contributed by atoms with van der Waals surface area (Å²) in [5, 5.41) is 0. The van der Waals surface area contributed by atoms with Gasteiger partial charge in [-0.3, -0.25) is 9.97 Å². The summed E-state index contributed by atoms with van der Waals surface area (Å²) >= 11 is 0. The molecule has 0 aliphatic carbocycles. The number of rotatable bonds is 2. The molecule has 0 atom stereocenters. The lowest BCUT2D eigenvalue weighted by molar-refractivity contribution is 1.25. The molecule has 2 aromatic heterocycles. The van der Waals surface area contributed by atoms with Gasteiger partial charge in [0.05, 0.1) is 11.4 Å². The zero-order valence-corrected chi connectivity index (χ0v) is 10.3. The van der Waals surface area contributed by atoms with E-state index in [9.17, 15) is 0 Å². The third-order valence-corrected chi connectivity index (χ3v) is 2.93. The van der Waals surface area contributed by atoms with Crippen molar-refractivity contribution in [3.8, 4) is 22.5 Å². The van der Waals surface area contributed by atoms with E-state index in [2.05, 4.69) is 9.97 Å². The second-order valence-electron chi connectivity index (χ2n) is 4.27. The molecule has 2 N–H and O–H groups in total. The van der Waals surface area contributed by atoms with Gasteiger partial charge >= 0.3 is 0 Å². The van der Waals surface area contributed by atoms with Gasteiger partial charge in [-0.15, -0.1) is 0 Å². The van der Waals surface area contributed by atoms with Gasteiger partial charge in [0.15, 0.2) is 0 Å². The third kappa shape index (κ3) is 2.45. The number of hydrogen-bond donors (Lipinski definition) is 1. The summed E-state index contributed by atoms with van der Waals surface area (Å²) in [7, 11) is 0. The van der Waals surface area contributed by atoms with Crippen LogP contribution in [0.1, 0.15) is 0 Å². The molecule has 0 unspecified atom stereocenters. The molecule has 3 nitrogen and oxygen atoms in total. The summed E-state index contributed by atoms with van der Waals surface area (Å²) in [6.45, 7) is 0. The average molecular weight is 247 g/mol. The molecule has 0 spiro atoms. The van der Waals surface area contributed by atoms with Crippen LogP contribution >= 0.6 is 0 Å². The highest BCUT2D eigenvalue weighted by atomic mass is 14.8. The highest BCUT2D eigenvalue weighted by molar-refractivity contribution is 5.66. The van der Waals surface area contributed by atoms with Crippen molar-refractivity contribution < 1.29 is 0 Å². The van der Waals surface area contributed by atoms with Crippen LogP contribution in [-0.2, 0) is 0 Å². The molecular formula is C16H13N3. The van der Waals surface area contributed by atoms with Crippen molar-refractivity contribution in [2.75, 3.05) is 5.73 Å². The number of aromatic nitrogens is 2. The molecule has 3 aromatic rings. The van der Waals surface area contributed by atoms with Crippen molar-refractivity contribution in [2.24, 2.45) is 0 Å². The number of pyridine rings is 2. The normalized spacial score (nSPS) is 10.3. The summed E-state index contributed by atoms with van der Waals surface area (Å²) < 4.78 is 0. The first-order valence-electron chi connectivity index (χ1n) is 6.06. The van der Waals surface area contributed by atoms with Gasteiger partial charge in [0, 0.05) is 23.6 Å². The molecule has 0 saturated heterocycles. The second kappa shape index (κ2) is 4.90. The van der Waals surface area contributed by atoms with E-state index in [0.717, 1.165) is 28.2 Å².